The zero-order valence-corrected chi connectivity index (χ0v) is 40.5. The van der Waals surface area contributed by atoms with Crippen LogP contribution in [0, 0.1) is 10.8 Å². The van der Waals surface area contributed by atoms with Crippen LogP contribution in [0.25, 0.3) is 30.6 Å². The summed E-state index contributed by atoms with van der Waals surface area (Å²) in [5, 5.41) is 4.56. The molecule has 0 aliphatic carbocycles. The number of anilines is 2. The Morgan fingerprint density at radius 2 is 1.00 bits per heavy atom. The van der Waals surface area contributed by atoms with Crippen molar-refractivity contribution in [2.45, 2.75) is 84.9 Å². The van der Waals surface area contributed by atoms with Gasteiger partial charge in [0.1, 0.15) is 20.1 Å². The van der Waals surface area contributed by atoms with Gasteiger partial charge in [0, 0.05) is 113 Å². The van der Waals surface area contributed by atoms with Gasteiger partial charge >= 0.3 is 24.6 Å². The molecular weight excluding hydrogens is 973 g/mol. The average Bonchev–Trinajstić information content (AvgIpc) is 3.91. The van der Waals surface area contributed by atoms with E-state index in [0.717, 1.165) is 65.6 Å². The fraction of sp³-hybridized carbons (Fsp3) is 0.511. The largest absolute Gasteiger partial charge is 0.444 e. The molecule has 0 aromatic carbocycles. The summed E-state index contributed by atoms with van der Waals surface area (Å²) in [6.07, 6.45) is -8.57. The fourth-order valence-corrected chi connectivity index (χ4v) is 12.0. The van der Waals surface area contributed by atoms with Crippen LogP contribution in [0.15, 0.2) is 36.8 Å². The van der Waals surface area contributed by atoms with Crippen LogP contribution in [0.3, 0.4) is 0 Å². The Kier molecular flexibility index (Phi) is 13.0. The third-order valence-corrected chi connectivity index (χ3v) is 16.1. The number of thiophene rings is 3. The highest BCUT2D eigenvalue weighted by atomic mass is 35.5. The van der Waals surface area contributed by atoms with Gasteiger partial charge in [-0.3, -0.25) is 0 Å². The monoisotopic (exact) mass is 1020 g/mol. The molecule has 4 aliphatic heterocycles. The summed E-state index contributed by atoms with van der Waals surface area (Å²) in [5.41, 5.74) is -2.16. The number of halogens is 10. The Morgan fingerprint density at radius 1 is 0.627 bits per heavy atom. The number of amides is 1. The van der Waals surface area contributed by atoms with Crippen molar-refractivity contribution in [3.63, 3.8) is 0 Å². The number of nitrogens with zero attached hydrogens (tertiary/aromatic N) is 6. The number of ether oxygens (including phenoxy) is 1. The Balaban J connectivity index is 0.000000142. The van der Waals surface area contributed by atoms with Gasteiger partial charge in [0.05, 0.1) is 33.1 Å². The molecule has 6 aromatic heterocycles. The SMILES string of the molecule is CCc1cc2c(Cl)c(C(F)(F)F)cnc2s1.CCc1cc2c(N3CC4(CN(C(=O)OC(C)(C)C)C4)C3)c(C(F)(F)F)cnc2s1.CCc1cc2c(N3CC4(CNC4)C3)c(C(F)(F)F)cnc2s1. The number of fused-ring (bicyclic) bond motifs is 3. The molecular formula is C45H47ClF9N7O2S3. The lowest BCUT2D eigenvalue weighted by molar-refractivity contribution is -0.138. The second-order valence-electron chi connectivity index (χ2n) is 18.5. The molecule has 0 radical (unpaired) electrons. The lowest BCUT2D eigenvalue weighted by Gasteiger charge is -2.60. The predicted octanol–water partition coefficient (Wildman–Crippen LogP) is 12.8. The van der Waals surface area contributed by atoms with Crippen molar-refractivity contribution in [1.29, 1.82) is 0 Å². The van der Waals surface area contributed by atoms with Gasteiger partial charge in [0.25, 0.3) is 0 Å². The number of alkyl halides is 9. The van der Waals surface area contributed by atoms with Crippen LogP contribution in [0.4, 0.5) is 55.7 Å². The normalized spacial score (nSPS) is 17.7. The maximum absolute atomic E-state index is 13.7. The van der Waals surface area contributed by atoms with E-state index in [-0.39, 0.29) is 27.6 Å². The minimum absolute atomic E-state index is 0.154. The van der Waals surface area contributed by atoms with Crippen LogP contribution in [-0.2, 0) is 42.5 Å². The van der Waals surface area contributed by atoms with Crippen LogP contribution in [0.1, 0.15) is 72.9 Å². The van der Waals surface area contributed by atoms with Crippen molar-refractivity contribution < 1.29 is 49.0 Å². The van der Waals surface area contributed by atoms with Crippen LogP contribution < -0.4 is 15.1 Å². The summed E-state index contributed by atoms with van der Waals surface area (Å²) in [5.74, 6) is 0. The number of rotatable bonds is 5. The molecule has 22 heteroatoms. The number of nitrogens with one attached hydrogen (secondary N) is 1. The third-order valence-electron chi connectivity index (χ3n) is 12.1. The first-order valence-corrected chi connectivity index (χ1v) is 24.4. The highest BCUT2D eigenvalue weighted by Gasteiger charge is 2.56. The van der Waals surface area contributed by atoms with Crippen molar-refractivity contribution in [2.75, 3.05) is 62.2 Å². The van der Waals surface area contributed by atoms with E-state index in [1.54, 1.807) is 15.9 Å². The van der Waals surface area contributed by atoms with Gasteiger partial charge in [0.2, 0.25) is 0 Å². The second kappa shape index (κ2) is 17.7. The van der Waals surface area contributed by atoms with Gasteiger partial charge in [-0.15, -0.1) is 34.0 Å². The molecule has 362 valence electrons. The number of pyridine rings is 3. The van der Waals surface area contributed by atoms with Gasteiger partial charge in [-0.25, -0.2) is 19.7 Å². The lowest BCUT2D eigenvalue weighted by atomic mass is 9.72. The molecule has 4 aliphatic rings. The molecule has 9 nitrogen and oxygen atoms in total. The van der Waals surface area contributed by atoms with E-state index in [9.17, 15) is 44.3 Å². The molecule has 10 heterocycles. The number of aromatic nitrogens is 3. The number of hydrogen-bond donors (Lipinski definition) is 1. The molecule has 4 fully saturated rings. The Bertz CT molecular complexity index is 2810. The zero-order valence-electron chi connectivity index (χ0n) is 37.2. The van der Waals surface area contributed by atoms with E-state index in [0.29, 0.717) is 75.6 Å². The molecule has 0 atom stereocenters. The Labute approximate surface area is 397 Å². The van der Waals surface area contributed by atoms with Crippen LogP contribution in [0.2, 0.25) is 5.02 Å². The van der Waals surface area contributed by atoms with Crippen molar-refractivity contribution in [3.8, 4) is 0 Å². The van der Waals surface area contributed by atoms with Crippen LogP contribution in [0.5, 0.6) is 0 Å². The summed E-state index contributed by atoms with van der Waals surface area (Å²) in [6, 6.07) is 5.38. The predicted molar refractivity (Wildman–Crippen MR) is 247 cm³/mol. The fourth-order valence-electron chi connectivity index (χ4n) is 8.84. The number of aryl methyl sites for hydroxylation is 3. The molecule has 6 aromatic rings. The van der Waals surface area contributed by atoms with Gasteiger partial charge in [0.15, 0.2) is 0 Å². The topological polar surface area (TPSA) is 86.7 Å². The maximum Gasteiger partial charge on any atom is 0.419 e. The highest BCUT2D eigenvalue weighted by molar-refractivity contribution is 7.19. The van der Waals surface area contributed by atoms with E-state index in [1.807, 2.05) is 58.6 Å². The summed E-state index contributed by atoms with van der Waals surface area (Å²) < 4.78 is 124. The van der Waals surface area contributed by atoms with E-state index >= 15 is 0 Å². The molecule has 2 spiro atoms. The highest BCUT2D eigenvalue weighted by Crippen LogP contribution is 2.50. The van der Waals surface area contributed by atoms with Gasteiger partial charge in [-0.2, -0.15) is 39.5 Å². The molecule has 0 unspecified atom stereocenters. The van der Waals surface area contributed by atoms with Gasteiger partial charge in [-0.1, -0.05) is 32.4 Å². The first kappa shape index (κ1) is 49.2. The molecule has 67 heavy (non-hydrogen) atoms. The molecule has 0 bridgehead atoms. The smallest absolute Gasteiger partial charge is 0.419 e. The Morgan fingerprint density at radius 3 is 1.36 bits per heavy atom. The van der Waals surface area contributed by atoms with Crippen molar-refractivity contribution in [2.24, 2.45) is 10.8 Å². The average molecular weight is 1020 g/mol. The van der Waals surface area contributed by atoms with E-state index < -0.39 is 40.8 Å². The molecule has 0 saturated carbocycles. The number of carbonyl (C=O) groups is 1. The number of likely N-dealkylation sites (tertiary alicyclic amines) is 1. The van der Waals surface area contributed by atoms with Gasteiger partial charge < -0.3 is 24.8 Å². The van der Waals surface area contributed by atoms with E-state index in [2.05, 4.69) is 20.3 Å². The minimum atomic E-state index is -4.46. The maximum atomic E-state index is 13.7. The first-order valence-electron chi connectivity index (χ1n) is 21.6. The summed E-state index contributed by atoms with van der Waals surface area (Å²) >= 11 is 10.0. The van der Waals surface area contributed by atoms with Crippen LogP contribution >= 0.6 is 45.6 Å². The summed E-state index contributed by atoms with van der Waals surface area (Å²) in [6.45, 7) is 16.6. The quantitative estimate of drug-likeness (QED) is 0.171. The molecule has 1 amide bonds. The van der Waals surface area contributed by atoms with Gasteiger partial charge in [-0.05, 0) is 58.2 Å². The third kappa shape index (κ3) is 9.86. The molecule has 10 rings (SSSR count). The number of hydrogen-bond acceptors (Lipinski definition) is 11. The second-order valence-corrected chi connectivity index (χ2v) is 22.3. The first-order chi connectivity index (χ1) is 31.3. The molecule has 4 saturated heterocycles. The van der Waals surface area contributed by atoms with Crippen molar-refractivity contribution in [1.82, 2.24) is 25.2 Å². The number of carbonyl (C=O) groups excluding carboxylic acids is 1. The van der Waals surface area contributed by atoms with Crippen LogP contribution in [-0.4, -0.2) is 83.9 Å². The summed E-state index contributed by atoms with van der Waals surface area (Å²) in [7, 11) is 0. The zero-order chi connectivity index (χ0) is 48.6. The standard InChI is InChI=1S/C20H24F3N3O2S.C15H16F3N3S.C10H7ClF3NS/c1-5-12-6-13-15(14(20(21,22)23)7-24-16(13)29-12)25-8-19(9-25)10-26(11-19)17(27)28-18(2,3)4;1-2-9-3-10-12(21-7-14(8-21)5-19-6-14)11(15(16,17)18)4-20-13(10)22-9;1-2-5-3-6-8(11)7(10(12,13)14)4-15-9(6)16-5/h6-7H,5,8-11H2,1-4H3;3-4,19H,2,5-8H2,1H3;3-4H,2H2,1H3. The Hall–Kier alpha value is -4.18. The van der Waals surface area contributed by atoms with Crippen molar-refractivity contribution in [3.05, 3.63) is 73.1 Å². The van der Waals surface area contributed by atoms with E-state index in [4.69, 9.17) is 16.3 Å². The lowest BCUT2D eigenvalue weighted by Crippen LogP contribution is -2.73. The van der Waals surface area contributed by atoms with Crippen molar-refractivity contribution >= 4 is 93.7 Å². The minimum Gasteiger partial charge on any atom is -0.444 e. The van der Waals surface area contributed by atoms with E-state index in [1.165, 1.54) is 34.0 Å². The summed E-state index contributed by atoms with van der Waals surface area (Å²) in [4.78, 5) is 34.3. The molecule has 1 N–H and O–H groups in total.